The van der Waals surface area contributed by atoms with Crippen LogP contribution in [0.5, 0.6) is 0 Å². The van der Waals surface area contributed by atoms with Crippen molar-refractivity contribution in [2.75, 3.05) is 20.4 Å². The van der Waals surface area contributed by atoms with E-state index < -0.39 is 9.28 Å². The fraction of sp³-hybridized carbons (Fsp3) is 0.333. The van der Waals surface area contributed by atoms with Crippen molar-refractivity contribution < 1.29 is 8.85 Å². The molecule has 0 atom stereocenters. The Hall–Kier alpha value is -0.993. The Balaban J connectivity index is 1.98. The zero-order chi connectivity index (χ0) is 15.6. The summed E-state index contributed by atoms with van der Waals surface area (Å²) in [5.41, 5.74) is 0. The van der Waals surface area contributed by atoms with Crippen molar-refractivity contribution in [3.05, 3.63) is 60.7 Å². The summed E-state index contributed by atoms with van der Waals surface area (Å²) in [5.74, 6) is 0. The van der Waals surface area contributed by atoms with Gasteiger partial charge in [-0.3, -0.25) is 0 Å². The third-order valence-electron chi connectivity index (χ3n) is 3.73. The minimum atomic E-state index is -1.40. The maximum atomic E-state index is 5.40. The molecule has 0 aliphatic rings. The van der Waals surface area contributed by atoms with E-state index in [1.54, 1.807) is 14.2 Å². The van der Waals surface area contributed by atoms with Gasteiger partial charge in [-0.25, -0.2) is 0 Å². The number of benzene rings is 2. The van der Waals surface area contributed by atoms with Crippen LogP contribution in [-0.4, -0.2) is 29.7 Å². The molecule has 0 spiro atoms. The van der Waals surface area contributed by atoms with E-state index in [1.165, 1.54) is 29.6 Å². The van der Waals surface area contributed by atoms with Gasteiger partial charge in [0.25, 0.3) is 0 Å². The molecule has 0 saturated carbocycles. The molecular weight excluding hydrogens is 307 g/mol. The predicted molar refractivity (Wildman–Crippen MR) is 99.1 cm³/mol. The standard InChI is InChI=1S/C18H25O2PSi/c1-19-22(20-2)16-10-9-15-21(17-11-5-3-6-12-17)18-13-7-4-8-14-18/h3-8,11-14,22H,9-10,15-16H2,1-2H3. The van der Waals surface area contributed by atoms with E-state index in [0.717, 1.165) is 6.04 Å². The van der Waals surface area contributed by atoms with Gasteiger partial charge in [0.2, 0.25) is 0 Å². The van der Waals surface area contributed by atoms with Crippen molar-refractivity contribution in [1.82, 2.24) is 0 Å². The van der Waals surface area contributed by atoms with Crippen molar-refractivity contribution in [3.63, 3.8) is 0 Å². The monoisotopic (exact) mass is 332 g/mol. The van der Waals surface area contributed by atoms with E-state index in [2.05, 4.69) is 60.7 Å². The molecule has 0 fully saturated rings. The molecule has 0 N–H and O–H groups in total. The van der Waals surface area contributed by atoms with E-state index in [0.29, 0.717) is 0 Å². The Labute approximate surface area is 137 Å². The van der Waals surface area contributed by atoms with Crippen LogP contribution in [0.2, 0.25) is 6.04 Å². The lowest BCUT2D eigenvalue weighted by atomic mass is 10.4. The van der Waals surface area contributed by atoms with Gasteiger partial charge in [0, 0.05) is 14.2 Å². The zero-order valence-electron chi connectivity index (χ0n) is 13.4. The minimum Gasteiger partial charge on any atom is -0.400 e. The topological polar surface area (TPSA) is 18.5 Å². The number of hydrogen-bond acceptors (Lipinski definition) is 2. The van der Waals surface area contributed by atoms with Crippen molar-refractivity contribution in [2.24, 2.45) is 0 Å². The molecule has 0 aromatic heterocycles. The number of unbranched alkanes of at least 4 members (excludes halogenated alkanes) is 1. The predicted octanol–water partition coefficient (Wildman–Crippen LogP) is 3.41. The van der Waals surface area contributed by atoms with Crippen molar-refractivity contribution in [1.29, 1.82) is 0 Å². The molecule has 2 rings (SSSR count). The zero-order valence-corrected chi connectivity index (χ0v) is 15.5. The van der Waals surface area contributed by atoms with Crippen LogP contribution in [0.25, 0.3) is 0 Å². The first kappa shape index (κ1) is 17.4. The lowest BCUT2D eigenvalue weighted by Gasteiger charge is -2.19. The Morgan fingerprint density at radius 1 is 0.773 bits per heavy atom. The fourth-order valence-corrected chi connectivity index (χ4v) is 6.24. The highest BCUT2D eigenvalue weighted by atomic mass is 31.1. The molecule has 0 heterocycles. The highest BCUT2D eigenvalue weighted by molar-refractivity contribution is 7.73. The summed E-state index contributed by atoms with van der Waals surface area (Å²) < 4.78 is 10.8. The molecule has 0 saturated heterocycles. The molecule has 0 unspecified atom stereocenters. The molecule has 0 radical (unpaired) electrons. The molecular formula is C18H25O2PSi. The highest BCUT2D eigenvalue weighted by Crippen LogP contribution is 2.34. The maximum absolute atomic E-state index is 5.40. The van der Waals surface area contributed by atoms with E-state index >= 15 is 0 Å². The Bertz CT molecular complexity index is 478. The lowest BCUT2D eigenvalue weighted by molar-refractivity contribution is 0.276. The maximum Gasteiger partial charge on any atom is 0.320 e. The summed E-state index contributed by atoms with van der Waals surface area (Å²) in [4.78, 5) is 0. The summed E-state index contributed by atoms with van der Waals surface area (Å²) in [6.07, 6.45) is 3.65. The van der Waals surface area contributed by atoms with Gasteiger partial charge >= 0.3 is 9.28 Å². The first-order valence-electron chi connectivity index (χ1n) is 7.78. The smallest absolute Gasteiger partial charge is 0.320 e. The van der Waals surface area contributed by atoms with Gasteiger partial charge in [-0.2, -0.15) is 0 Å². The average molecular weight is 332 g/mol. The molecule has 4 heteroatoms. The molecule has 0 amide bonds. The Morgan fingerprint density at radius 2 is 1.27 bits per heavy atom. The van der Waals surface area contributed by atoms with Crippen LogP contribution in [0, 0.1) is 0 Å². The second kappa shape index (κ2) is 9.91. The molecule has 0 aliphatic heterocycles. The van der Waals surface area contributed by atoms with Gasteiger partial charge in [0.15, 0.2) is 0 Å². The van der Waals surface area contributed by atoms with Crippen LogP contribution < -0.4 is 10.6 Å². The first-order valence-corrected chi connectivity index (χ1v) is 11.1. The minimum absolute atomic E-state index is 0.256. The van der Waals surface area contributed by atoms with Gasteiger partial charge in [0.1, 0.15) is 0 Å². The van der Waals surface area contributed by atoms with Crippen LogP contribution in [-0.2, 0) is 8.85 Å². The van der Waals surface area contributed by atoms with Gasteiger partial charge in [0.05, 0.1) is 0 Å². The van der Waals surface area contributed by atoms with Crippen molar-refractivity contribution in [3.8, 4) is 0 Å². The molecule has 118 valence electrons. The number of rotatable bonds is 9. The second-order valence-electron chi connectivity index (χ2n) is 5.22. The Kier molecular flexibility index (Phi) is 7.82. The van der Waals surface area contributed by atoms with Gasteiger partial charge in [-0.15, -0.1) is 0 Å². The summed E-state index contributed by atoms with van der Waals surface area (Å²) >= 11 is 0. The van der Waals surface area contributed by atoms with Crippen molar-refractivity contribution >= 4 is 27.8 Å². The summed E-state index contributed by atoms with van der Waals surface area (Å²) in [5, 5.41) is 2.94. The molecule has 2 aromatic carbocycles. The van der Waals surface area contributed by atoms with Crippen LogP contribution in [0.3, 0.4) is 0 Å². The van der Waals surface area contributed by atoms with E-state index in [9.17, 15) is 0 Å². The molecule has 0 bridgehead atoms. The molecule has 0 aliphatic carbocycles. The van der Waals surface area contributed by atoms with E-state index in [1.807, 2.05) is 0 Å². The fourth-order valence-electron chi connectivity index (χ4n) is 2.54. The van der Waals surface area contributed by atoms with E-state index in [-0.39, 0.29) is 7.92 Å². The van der Waals surface area contributed by atoms with Crippen LogP contribution in [0.15, 0.2) is 60.7 Å². The van der Waals surface area contributed by atoms with Crippen LogP contribution in [0.1, 0.15) is 12.8 Å². The summed E-state index contributed by atoms with van der Waals surface area (Å²) in [7, 11) is 1.88. The number of hydrogen-bond donors (Lipinski definition) is 0. The van der Waals surface area contributed by atoms with Gasteiger partial charge in [-0.05, 0) is 37.2 Å². The van der Waals surface area contributed by atoms with Crippen molar-refractivity contribution in [2.45, 2.75) is 18.9 Å². The quantitative estimate of drug-likeness (QED) is 0.398. The van der Waals surface area contributed by atoms with Gasteiger partial charge in [-0.1, -0.05) is 67.1 Å². The Morgan fingerprint density at radius 3 is 1.73 bits per heavy atom. The van der Waals surface area contributed by atoms with Crippen LogP contribution in [0.4, 0.5) is 0 Å². The highest BCUT2D eigenvalue weighted by Gasteiger charge is 2.14. The summed E-state index contributed by atoms with van der Waals surface area (Å²) in [6, 6.07) is 22.9. The van der Waals surface area contributed by atoms with Gasteiger partial charge < -0.3 is 8.85 Å². The molecule has 2 nitrogen and oxygen atoms in total. The first-order chi connectivity index (χ1) is 10.8. The second-order valence-corrected chi connectivity index (χ2v) is 9.93. The third-order valence-corrected chi connectivity index (χ3v) is 8.27. The van der Waals surface area contributed by atoms with Crippen LogP contribution >= 0.6 is 7.92 Å². The summed E-state index contributed by atoms with van der Waals surface area (Å²) in [6.45, 7) is 0. The SMILES string of the molecule is CO[SiH](CCCCP(c1ccccc1)c1ccccc1)OC. The molecule has 2 aromatic rings. The average Bonchev–Trinajstić information content (AvgIpc) is 2.60. The largest absolute Gasteiger partial charge is 0.400 e. The molecule has 22 heavy (non-hydrogen) atoms. The van der Waals surface area contributed by atoms with E-state index in [4.69, 9.17) is 8.85 Å². The third kappa shape index (κ3) is 5.33. The lowest BCUT2D eigenvalue weighted by Crippen LogP contribution is -2.19. The normalized spacial score (nSPS) is 11.3.